The molecule has 2 atom stereocenters. The second-order valence-electron chi connectivity index (χ2n) is 2.67. The fraction of sp³-hybridized carbons (Fsp3) is 1.00. The summed E-state index contributed by atoms with van der Waals surface area (Å²) in [5.74, 6) is -3.42. The largest absolute Gasteiger partial charge is 0.276 e. The van der Waals surface area contributed by atoms with Crippen molar-refractivity contribution in [3.8, 4) is 0 Å². The lowest BCUT2D eigenvalue weighted by Crippen LogP contribution is -2.28. The normalized spacial score (nSPS) is 18.0. The zero-order valence-electron chi connectivity index (χ0n) is 6.58. The minimum atomic E-state index is -3.42. The van der Waals surface area contributed by atoms with Crippen molar-refractivity contribution in [2.75, 3.05) is 0 Å². The van der Waals surface area contributed by atoms with Gasteiger partial charge < -0.3 is 0 Å². The van der Waals surface area contributed by atoms with E-state index in [0.29, 0.717) is 6.92 Å². The molecule has 0 aliphatic rings. The van der Waals surface area contributed by atoms with Crippen molar-refractivity contribution < 1.29 is 17.6 Å². The van der Waals surface area contributed by atoms with E-state index >= 15 is 0 Å². The first-order valence-corrected chi connectivity index (χ1v) is 3.53. The molecule has 0 aromatic carbocycles. The highest BCUT2D eigenvalue weighted by Gasteiger charge is 2.35. The molecule has 0 nitrogen and oxygen atoms in total. The molecule has 0 aromatic rings. The van der Waals surface area contributed by atoms with Gasteiger partial charge in [-0.25, -0.2) is 17.6 Å². The van der Waals surface area contributed by atoms with Gasteiger partial charge >= 0.3 is 0 Å². The molecule has 0 spiro atoms. The van der Waals surface area contributed by atoms with Crippen molar-refractivity contribution in [3.63, 3.8) is 0 Å². The molecule has 11 heavy (non-hydrogen) atoms. The quantitative estimate of drug-likeness (QED) is 0.571. The first kappa shape index (κ1) is 10.7. The van der Waals surface area contributed by atoms with E-state index in [4.69, 9.17) is 0 Å². The molecule has 0 fully saturated rings. The Morgan fingerprint density at radius 3 is 2.00 bits per heavy atom. The maximum absolute atomic E-state index is 12.4. The average Bonchev–Trinajstić information content (AvgIpc) is 1.85. The van der Waals surface area contributed by atoms with Gasteiger partial charge in [-0.3, -0.25) is 0 Å². The van der Waals surface area contributed by atoms with Crippen LogP contribution in [0.4, 0.5) is 17.6 Å². The lowest BCUT2D eigenvalue weighted by Gasteiger charge is -2.16. The van der Waals surface area contributed by atoms with E-state index in [1.165, 1.54) is 6.92 Å². The molecule has 0 aliphatic heterocycles. The molecule has 1 unspecified atom stereocenters. The van der Waals surface area contributed by atoms with Gasteiger partial charge in [0, 0.05) is 13.3 Å². The fourth-order valence-electron chi connectivity index (χ4n) is 0.598. The van der Waals surface area contributed by atoms with Crippen LogP contribution in [0.1, 0.15) is 26.7 Å². The maximum Gasteiger partial charge on any atom is 0.276 e. The van der Waals surface area contributed by atoms with E-state index in [9.17, 15) is 17.6 Å². The molecule has 4 heteroatoms. The molecular formula is C7H12F4. The van der Waals surface area contributed by atoms with E-state index in [0.717, 1.165) is 0 Å². The molecular weight excluding hydrogens is 160 g/mol. The van der Waals surface area contributed by atoms with Crippen LogP contribution >= 0.6 is 0 Å². The Morgan fingerprint density at radius 1 is 1.27 bits per heavy atom. The van der Waals surface area contributed by atoms with E-state index in [-0.39, 0.29) is 6.42 Å². The first-order chi connectivity index (χ1) is 4.88. The number of halogens is 4. The van der Waals surface area contributed by atoms with Gasteiger partial charge in [0.2, 0.25) is 0 Å². The van der Waals surface area contributed by atoms with Crippen LogP contribution in [0, 0.1) is 0 Å². The standard InChI is InChI=1S/C7H12F4/c1-3-5(8)4-6(9)7(2,10)11/h5-6H,3-4H2,1-2H3/t5?,6-/m0/s1. The topological polar surface area (TPSA) is 0 Å². The van der Waals surface area contributed by atoms with Crippen LogP contribution in [0.25, 0.3) is 0 Å². The zero-order chi connectivity index (χ0) is 9.07. The number of alkyl halides is 4. The molecule has 0 aliphatic carbocycles. The van der Waals surface area contributed by atoms with Crippen LogP contribution in [-0.4, -0.2) is 18.3 Å². The Balaban J connectivity index is 3.77. The van der Waals surface area contributed by atoms with Crippen molar-refractivity contribution >= 4 is 0 Å². The van der Waals surface area contributed by atoms with Gasteiger partial charge in [0.15, 0.2) is 6.17 Å². The van der Waals surface area contributed by atoms with E-state index in [2.05, 4.69) is 0 Å². The molecule has 0 aromatic heterocycles. The summed E-state index contributed by atoms with van der Waals surface area (Å²) < 4.78 is 48.8. The van der Waals surface area contributed by atoms with E-state index < -0.39 is 24.7 Å². The van der Waals surface area contributed by atoms with Crippen molar-refractivity contribution in [1.29, 1.82) is 0 Å². The van der Waals surface area contributed by atoms with Gasteiger partial charge in [-0.15, -0.1) is 0 Å². The van der Waals surface area contributed by atoms with Crippen molar-refractivity contribution in [3.05, 3.63) is 0 Å². The second-order valence-corrected chi connectivity index (χ2v) is 2.67. The first-order valence-electron chi connectivity index (χ1n) is 3.53. The Morgan fingerprint density at radius 2 is 1.73 bits per heavy atom. The summed E-state index contributed by atoms with van der Waals surface area (Å²) in [4.78, 5) is 0. The van der Waals surface area contributed by atoms with Gasteiger partial charge in [-0.1, -0.05) is 6.92 Å². The lowest BCUT2D eigenvalue weighted by atomic mass is 10.1. The predicted octanol–water partition coefficient (Wildman–Crippen LogP) is 3.12. The average molecular weight is 172 g/mol. The molecule has 0 amide bonds. The van der Waals surface area contributed by atoms with Gasteiger partial charge in [0.05, 0.1) is 0 Å². The summed E-state index contributed by atoms with van der Waals surface area (Å²) in [6, 6.07) is 0. The molecule has 0 saturated heterocycles. The summed E-state index contributed by atoms with van der Waals surface area (Å²) in [7, 11) is 0. The minimum absolute atomic E-state index is 0.0799. The van der Waals surface area contributed by atoms with Gasteiger partial charge in [-0.05, 0) is 6.42 Å². The van der Waals surface area contributed by atoms with Crippen LogP contribution in [0.15, 0.2) is 0 Å². The summed E-state index contributed by atoms with van der Waals surface area (Å²) in [5.41, 5.74) is 0. The predicted molar refractivity (Wildman–Crippen MR) is 35.3 cm³/mol. The van der Waals surface area contributed by atoms with Crippen LogP contribution < -0.4 is 0 Å². The SMILES string of the molecule is CCC(F)C[C@H](F)C(C)(F)F. The van der Waals surface area contributed by atoms with Crippen LogP contribution in [0.5, 0.6) is 0 Å². The third-order valence-electron chi connectivity index (χ3n) is 1.46. The fourth-order valence-corrected chi connectivity index (χ4v) is 0.598. The van der Waals surface area contributed by atoms with Crippen LogP contribution in [0.2, 0.25) is 0 Å². The Bertz CT molecular complexity index is 107. The molecule has 0 rings (SSSR count). The summed E-state index contributed by atoms with van der Waals surface area (Å²) >= 11 is 0. The van der Waals surface area contributed by atoms with E-state index in [1.54, 1.807) is 0 Å². The highest BCUT2D eigenvalue weighted by molar-refractivity contribution is 4.74. The second kappa shape index (κ2) is 3.93. The highest BCUT2D eigenvalue weighted by Crippen LogP contribution is 2.25. The van der Waals surface area contributed by atoms with Crippen LogP contribution in [0.3, 0.4) is 0 Å². The number of hydrogen-bond donors (Lipinski definition) is 0. The molecule has 68 valence electrons. The molecule has 0 saturated carbocycles. The van der Waals surface area contributed by atoms with Gasteiger partial charge in [0.25, 0.3) is 5.92 Å². The zero-order valence-corrected chi connectivity index (χ0v) is 6.58. The van der Waals surface area contributed by atoms with Gasteiger partial charge in [0.1, 0.15) is 6.17 Å². The molecule has 0 heterocycles. The monoisotopic (exact) mass is 172 g/mol. The smallest absolute Gasteiger partial charge is 0.247 e. The molecule has 0 bridgehead atoms. The van der Waals surface area contributed by atoms with Crippen molar-refractivity contribution in [2.45, 2.75) is 45.0 Å². The number of hydrogen-bond acceptors (Lipinski definition) is 0. The highest BCUT2D eigenvalue weighted by atomic mass is 19.3. The molecule has 0 N–H and O–H groups in total. The third kappa shape index (κ3) is 4.22. The maximum atomic E-state index is 12.4. The number of rotatable bonds is 4. The lowest BCUT2D eigenvalue weighted by molar-refractivity contribution is -0.0652. The molecule has 0 radical (unpaired) electrons. The summed E-state index contributed by atoms with van der Waals surface area (Å²) in [6.07, 6.45) is -4.45. The minimum Gasteiger partial charge on any atom is -0.247 e. The summed E-state index contributed by atoms with van der Waals surface area (Å²) in [6.45, 7) is 1.95. The van der Waals surface area contributed by atoms with Crippen molar-refractivity contribution in [2.24, 2.45) is 0 Å². The Hall–Kier alpha value is -0.280. The van der Waals surface area contributed by atoms with Crippen LogP contribution in [-0.2, 0) is 0 Å². The summed E-state index contributed by atoms with van der Waals surface area (Å²) in [5, 5.41) is 0. The third-order valence-corrected chi connectivity index (χ3v) is 1.46. The Labute approximate surface area is 63.6 Å². The van der Waals surface area contributed by atoms with Gasteiger partial charge in [-0.2, -0.15) is 0 Å². The van der Waals surface area contributed by atoms with Crippen molar-refractivity contribution in [1.82, 2.24) is 0 Å². The van der Waals surface area contributed by atoms with E-state index in [1.807, 2.05) is 0 Å². The Kier molecular flexibility index (Phi) is 3.83.